The molecule has 3 N–H and O–H groups in total. The maximum Gasteiger partial charge on any atom is 0.312 e. The van der Waals surface area contributed by atoms with Crippen molar-refractivity contribution in [1.29, 1.82) is 0 Å². The number of carbonyl (C=O) groups excluding carboxylic acids is 2. The molecule has 0 heterocycles. The number of urea groups is 1. The van der Waals surface area contributed by atoms with E-state index in [-0.39, 0.29) is 5.78 Å². The number of hydrogen-bond acceptors (Lipinski definition) is 2. The standard InChI is InChI=1S/C8H14N2O2/c1-6(2)7(11)4-3-5-10-8(9)12/h1,3-5H2,2H3,(H3,9,10,12). The van der Waals surface area contributed by atoms with E-state index in [9.17, 15) is 9.59 Å². The molecule has 0 radical (unpaired) electrons. The molecule has 0 bridgehead atoms. The zero-order valence-electron chi connectivity index (χ0n) is 7.22. The number of nitrogens with two attached hydrogens (primary N) is 1. The molecule has 2 amide bonds. The van der Waals surface area contributed by atoms with Crippen LogP contribution in [0.5, 0.6) is 0 Å². The van der Waals surface area contributed by atoms with Crippen molar-refractivity contribution in [1.82, 2.24) is 5.32 Å². The molecule has 0 aliphatic carbocycles. The van der Waals surface area contributed by atoms with E-state index in [0.29, 0.717) is 25.0 Å². The summed E-state index contributed by atoms with van der Waals surface area (Å²) in [4.78, 5) is 21.1. The molecule has 0 aliphatic rings. The van der Waals surface area contributed by atoms with Crippen molar-refractivity contribution in [3.05, 3.63) is 12.2 Å². The second-order valence-electron chi connectivity index (χ2n) is 2.60. The SMILES string of the molecule is C=C(C)C(=O)CCCNC(N)=O. The first-order valence-corrected chi connectivity index (χ1v) is 3.76. The van der Waals surface area contributed by atoms with Gasteiger partial charge in [0.25, 0.3) is 0 Å². The lowest BCUT2D eigenvalue weighted by molar-refractivity contribution is -0.115. The van der Waals surface area contributed by atoms with Gasteiger partial charge < -0.3 is 11.1 Å². The molecule has 0 aromatic rings. The second-order valence-corrected chi connectivity index (χ2v) is 2.60. The molecular formula is C8H14N2O2. The zero-order valence-corrected chi connectivity index (χ0v) is 7.22. The van der Waals surface area contributed by atoms with Gasteiger partial charge in [-0.3, -0.25) is 4.79 Å². The molecule has 4 nitrogen and oxygen atoms in total. The zero-order chi connectivity index (χ0) is 9.56. The summed E-state index contributed by atoms with van der Waals surface area (Å²) in [6, 6.07) is -0.558. The van der Waals surface area contributed by atoms with Gasteiger partial charge in [0.15, 0.2) is 5.78 Å². The van der Waals surface area contributed by atoms with E-state index in [1.165, 1.54) is 0 Å². The van der Waals surface area contributed by atoms with Crippen LogP contribution in [0, 0.1) is 0 Å². The van der Waals surface area contributed by atoms with E-state index in [0.717, 1.165) is 0 Å². The normalized spacial score (nSPS) is 9.08. The van der Waals surface area contributed by atoms with Crippen LogP contribution in [0.3, 0.4) is 0 Å². The van der Waals surface area contributed by atoms with Gasteiger partial charge in [-0.25, -0.2) is 4.79 Å². The van der Waals surface area contributed by atoms with Crippen molar-refractivity contribution >= 4 is 11.8 Å². The van der Waals surface area contributed by atoms with Gasteiger partial charge in [0.1, 0.15) is 0 Å². The van der Waals surface area contributed by atoms with Gasteiger partial charge in [0, 0.05) is 13.0 Å². The first-order chi connectivity index (χ1) is 5.54. The summed E-state index contributed by atoms with van der Waals surface area (Å²) in [5.74, 6) is 0.0290. The van der Waals surface area contributed by atoms with Crippen LogP contribution in [-0.2, 0) is 4.79 Å². The van der Waals surface area contributed by atoms with Gasteiger partial charge in [-0.1, -0.05) is 6.58 Å². The highest BCUT2D eigenvalue weighted by Gasteiger charge is 2.01. The van der Waals surface area contributed by atoms with Crippen molar-refractivity contribution in [3.63, 3.8) is 0 Å². The predicted molar refractivity (Wildman–Crippen MR) is 46.6 cm³/mol. The Morgan fingerprint density at radius 1 is 1.50 bits per heavy atom. The molecule has 0 unspecified atom stereocenters. The van der Waals surface area contributed by atoms with Gasteiger partial charge in [0.05, 0.1) is 0 Å². The second kappa shape index (κ2) is 5.35. The summed E-state index contributed by atoms with van der Waals surface area (Å²) in [5, 5.41) is 2.40. The molecule has 68 valence electrons. The van der Waals surface area contributed by atoms with Crippen LogP contribution in [0.1, 0.15) is 19.8 Å². The summed E-state index contributed by atoms with van der Waals surface area (Å²) in [6.07, 6.45) is 1.02. The maximum absolute atomic E-state index is 10.9. The summed E-state index contributed by atoms with van der Waals surface area (Å²) in [5.41, 5.74) is 5.37. The van der Waals surface area contributed by atoms with Gasteiger partial charge >= 0.3 is 6.03 Å². The Bertz CT molecular complexity index is 199. The minimum atomic E-state index is -0.558. The smallest absolute Gasteiger partial charge is 0.312 e. The number of carbonyl (C=O) groups is 2. The number of hydrogen-bond donors (Lipinski definition) is 2. The molecule has 0 aromatic heterocycles. The predicted octanol–water partition coefficient (Wildman–Crippen LogP) is 0.580. The number of amides is 2. The highest BCUT2D eigenvalue weighted by atomic mass is 16.2. The molecule has 0 fully saturated rings. The van der Waals surface area contributed by atoms with Crippen LogP contribution in [-0.4, -0.2) is 18.4 Å². The Hall–Kier alpha value is -1.32. The number of ketones is 1. The van der Waals surface area contributed by atoms with Crippen LogP contribution in [0.25, 0.3) is 0 Å². The van der Waals surface area contributed by atoms with E-state index in [1.807, 2.05) is 0 Å². The number of allylic oxidation sites excluding steroid dienone is 1. The van der Waals surface area contributed by atoms with Gasteiger partial charge in [-0.05, 0) is 18.9 Å². The van der Waals surface area contributed by atoms with E-state index in [2.05, 4.69) is 11.9 Å². The minimum absolute atomic E-state index is 0.0290. The van der Waals surface area contributed by atoms with Crippen LogP contribution in [0.4, 0.5) is 4.79 Å². The van der Waals surface area contributed by atoms with Crippen molar-refractivity contribution in [2.75, 3.05) is 6.54 Å². The molecule has 0 saturated heterocycles. The largest absolute Gasteiger partial charge is 0.352 e. The fourth-order valence-corrected chi connectivity index (χ4v) is 0.674. The Morgan fingerprint density at radius 2 is 2.08 bits per heavy atom. The quantitative estimate of drug-likeness (QED) is 0.468. The molecule has 0 rings (SSSR count). The van der Waals surface area contributed by atoms with E-state index in [1.54, 1.807) is 6.92 Å². The van der Waals surface area contributed by atoms with Crippen LogP contribution >= 0.6 is 0 Å². The van der Waals surface area contributed by atoms with E-state index >= 15 is 0 Å². The Morgan fingerprint density at radius 3 is 2.50 bits per heavy atom. The summed E-state index contributed by atoms with van der Waals surface area (Å²) in [6.45, 7) is 5.62. The monoisotopic (exact) mass is 170 g/mol. The fourth-order valence-electron chi connectivity index (χ4n) is 0.674. The summed E-state index contributed by atoms with van der Waals surface area (Å²) in [7, 11) is 0. The van der Waals surface area contributed by atoms with Crippen molar-refractivity contribution in [2.24, 2.45) is 5.73 Å². The maximum atomic E-state index is 10.9. The number of Topliss-reactive ketones (excluding diaryl/α,β-unsaturated/α-hetero) is 1. The van der Waals surface area contributed by atoms with Crippen LogP contribution in [0.2, 0.25) is 0 Å². The number of nitrogens with one attached hydrogen (secondary N) is 1. The number of rotatable bonds is 5. The molecule has 4 heteroatoms. The third-order valence-electron chi connectivity index (χ3n) is 1.36. The molecule has 0 saturated carbocycles. The van der Waals surface area contributed by atoms with Crippen molar-refractivity contribution < 1.29 is 9.59 Å². The lowest BCUT2D eigenvalue weighted by atomic mass is 10.1. The molecule has 0 atom stereocenters. The average Bonchev–Trinajstić information content (AvgIpc) is 1.97. The molecule has 12 heavy (non-hydrogen) atoms. The van der Waals surface area contributed by atoms with Gasteiger partial charge in [-0.2, -0.15) is 0 Å². The molecule has 0 spiro atoms. The van der Waals surface area contributed by atoms with Crippen molar-refractivity contribution in [2.45, 2.75) is 19.8 Å². The van der Waals surface area contributed by atoms with E-state index in [4.69, 9.17) is 5.73 Å². The lowest BCUT2D eigenvalue weighted by Gasteiger charge is -2.00. The van der Waals surface area contributed by atoms with E-state index < -0.39 is 6.03 Å². The first kappa shape index (κ1) is 10.7. The van der Waals surface area contributed by atoms with Crippen LogP contribution in [0.15, 0.2) is 12.2 Å². The van der Waals surface area contributed by atoms with Crippen LogP contribution < -0.4 is 11.1 Å². The Balaban J connectivity index is 3.38. The molecule has 0 aromatic carbocycles. The highest BCUT2D eigenvalue weighted by molar-refractivity contribution is 5.94. The van der Waals surface area contributed by atoms with Gasteiger partial charge in [-0.15, -0.1) is 0 Å². The topological polar surface area (TPSA) is 72.2 Å². The number of primary amides is 1. The first-order valence-electron chi connectivity index (χ1n) is 3.76. The molecular weight excluding hydrogens is 156 g/mol. The fraction of sp³-hybridized carbons (Fsp3) is 0.500. The summed E-state index contributed by atoms with van der Waals surface area (Å²) < 4.78 is 0. The summed E-state index contributed by atoms with van der Waals surface area (Å²) >= 11 is 0. The lowest BCUT2D eigenvalue weighted by Crippen LogP contribution is -2.30. The Labute approximate surface area is 71.8 Å². The highest BCUT2D eigenvalue weighted by Crippen LogP contribution is 1.97. The molecule has 0 aliphatic heterocycles. The van der Waals surface area contributed by atoms with Gasteiger partial charge in [0.2, 0.25) is 0 Å². The third kappa shape index (κ3) is 5.46. The van der Waals surface area contributed by atoms with Crippen molar-refractivity contribution in [3.8, 4) is 0 Å². The third-order valence-corrected chi connectivity index (χ3v) is 1.36. The minimum Gasteiger partial charge on any atom is -0.352 e. The average molecular weight is 170 g/mol. The Kier molecular flexibility index (Phi) is 4.76.